The number of rotatable bonds is 2. The standard InChI is InChI=1S/C11H12O4/c12-8-6-9(15-11(8)14)10(13)7-4-2-1-3-5-7/h1-5,8-10,12-13H,6H2/t8-,9+,10+/m0/s1. The number of aliphatic hydroxyl groups excluding tert-OH is 2. The third-order valence-corrected chi connectivity index (χ3v) is 2.49. The fraction of sp³-hybridized carbons (Fsp3) is 0.364. The summed E-state index contributed by atoms with van der Waals surface area (Å²) in [5, 5.41) is 19.0. The monoisotopic (exact) mass is 208 g/mol. The maximum absolute atomic E-state index is 10.9. The number of benzene rings is 1. The smallest absolute Gasteiger partial charge is 0.335 e. The van der Waals surface area contributed by atoms with Crippen molar-refractivity contribution in [2.45, 2.75) is 24.7 Å². The molecule has 0 unspecified atom stereocenters. The number of hydrogen-bond donors (Lipinski definition) is 2. The molecule has 2 rings (SSSR count). The molecule has 0 spiro atoms. The number of aliphatic hydroxyl groups is 2. The highest BCUT2D eigenvalue weighted by atomic mass is 16.6. The molecule has 1 aliphatic heterocycles. The lowest BCUT2D eigenvalue weighted by atomic mass is 10.0. The zero-order valence-electron chi connectivity index (χ0n) is 8.04. The molecule has 0 saturated carbocycles. The van der Waals surface area contributed by atoms with Crippen molar-refractivity contribution in [1.82, 2.24) is 0 Å². The third kappa shape index (κ3) is 2.00. The van der Waals surface area contributed by atoms with Crippen LogP contribution in [0.1, 0.15) is 18.1 Å². The van der Waals surface area contributed by atoms with Gasteiger partial charge in [0.15, 0.2) is 6.10 Å². The van der Waals surface area contributed by atoms with E-state index in [1.54, 1.807) is 24.3 Å². The van der Waals surface area contributed by atoms with Gasteiger partial charge in [-0.1, -0.05) is 30.3 Å². The molecule has 0 aromatic heterocycles. The van der Waals surface area contributed by atoms with Crippen molar-refractivity contribution in [3.63, 3.8) is 0 Å². The normalized spacial score (nSPS) is 27.5. The van der Waals surface area contributed by atoms with Crippen LogP contribution in [0.25, 0.3) is 0 Å². The Kier molecular flexibility index (Phi) is 2.70. The number of hydrogen-bond acceptors (Lipinski definition) is 4. The first kappa shape index (κ1) is 10.1. The van der Waals surface area contributed by atoms with Crippen LogP contribution >= 0.6 is 0 Å². The second-order valence-corrected chi connectivity index (χ2v) is 3.58. The van der Waals surface area contributed by atoms with E-state index >= 15 is 0 Å². The molecular formula is C11H12O4. The predicted octanol–water partition coefficient (Wildman–Crippen LogP) is 0.396. The van der Waals surface area contributed by atoms with E-state index < -0.39 is 24.3 Å². The van der Waals surface area contributed by atoms with Crippen LogP contribution in [-0.4, -0.2) is 28.4 Å². The molecular weight excluding hydrogens is 196 g/mol. The van der Waals surface area contributed by atoms with Gasteiger partial charge in [-0.3, -0.25) is 0 Å². The first-order valence-corrected chi connectivity index (χ1v) is 4.80. The molecule has 0 aliphatic carbocycles. The van der Waals surface area contributed by atoms with E-state index in [2.05, 4.69) is 0 Å². The molecule has 4 nitrogen and oxygen atoms in total. The zero-order valence-corrected chi connectivity index (χ0v) is 8.04. The van der Waals surface area contributed by atoms with Crippen molar-refractivity contribution in [2.75, 3.05) is 0 Å². The number of cyclic esters (lactones) is 1. The Hall–Kier alpha value is -1.39. The van der Waals surface area contributed by atoms with Gasteiger partial charge >= 0.3 is 5.97 Å². The number of ether oxygens (including phenoxy) is 1. The molecule has 4 heteroatoms. The van der Waals surface area contributed by atoms with E-state index in [9.17, 15) is 15.0 Å². The highest BCUT2D eigenvalue weighted by molar-refractivity contribution is 5.76. The minimum absolute atomic E-state index is 0.148. The summed E-state index contributed by atoms with van der Waals surface area (Å²) in [6.07, 6.45) is -2.47. The Balaban J connectivity index is 2.10. The Morgan fingerprint density at radius 1 is 1.33 bits per heavy atom. The number of carbonyl (C=O) groups is 1. The Labute approximate surface area is 87.1 Å². The first-order chi connectivity index (χ1) is 7.18. The van der Waals surface area contributed by atoms with Gasteiger partial charge in [0, 0.05) is 6.42 Å². The second-order valence-electron chi connectivity index (χ2n) is 3.58. The number of esters is 1. The minimum atomic E-state index is -1.10. The SMILES string of the molecule is O=C1O[C@@H]([C@H](O)c2ccccc2)C[C@@H]1O. The van der Waals surface area contributed by atoms with E-state index in [4.69, 9.17) is 4.74 Å². The van der Waals surface area contributed by atoms with Crippen LogP contribution in [0, 0.1) is 0 Å². The van der Waals surface area contributed by atoms with Crippen molar-refractivity contribution in [2.24, 2.45) is 0 Å². The summed E-state index contributed by atoms with van der Waals surface area (Å²) in [6.45, 7) is 0. The molecule has 0 bridgehead atoms. The maximum Gasteiger partial charge on any atom is 0.335 e. The molecule has 3 atom stereocenters. The van der Waals surface area contributed by atoms with Crippen molar-refractivity contribution in [3.8, 4) is 0 Å². The maximum atomic E-state index is 10.9. The molecule has 1 aromatic rings. The van der Waals surface area contributed by atoms with Crippen molar-refractivity contribution < 1.29 is 19.7 Å². The summed E-state index contributed by atoms with van der Waals surface area (Å²) in [4.78, 5) is 10.9. The zero-order chi connectivity index (χ0) is 10.8. The fourth-order valence-corrected chi connectivity index (χ4v) is 1.65. The molecule has 1 heterocycles. The molecule has 2 N–H and O–H groups in total. The predicted molar refractivity (Wildman–Crippen MR) is 51.9 cm³/mol. The van der Waals surface area contributed by atoms with Crippen LogP contribution in [0.5, 0.6) is 0 Å². The van der Waals surface area contributed by atoms with Gasteiger partial charge in [0.2, 0.25) is 0 Å². The van der Waals surface area contributed by atoms with Crippen molar-refractivity contribution in [1.29, 1.82) is 0 Å². The average Bonchev–Trinajstić information content (AvgIpc) is 2.59. The summed E-state index contributed by atoms with van der Waals surface area (Å²) >= 11 is 0. The van der Waals surface area contributed by atoms with Gasteiger partial charge in [-0.2, -0.15) is 0 Å². The van der Waals surface area contributed by atoms with E-state index in [1.807, 2.05) is 6.07 Å². The van der Waals surface area contributed by atoms with Crippen LogP contribution < -0.4 is 0 Å². The molecule has 1 fully saturated rings. The number of carbonyl (C=O) groups excluding carboxylic acids is 1. The van der Waals surface area contributed by atoms with Crippen LogP contribution in [-0.2, 0) is 9.53 Å². The summed E-state index contributed by atoms with van der Waals surface area (Å²) in [5.74, 6) is -0.657. The lowest BCUT2D eigenvalue weighted by Gasteiger charge is -2.16. The molecule has 80 valence electrons. The summed E-state index contributed by atoms with van der Waals surface area (Å²) in [5.41, 5.74) is 0.685. The Bertz CT molecular complexity index is 349. The molecule has 0 amide bonds. The van der Waals surface area contributed by atoms with Crippen LogP contribution in [0.4, 0.5) is 0 Å². The van der Waals surface area contributed by atoms with Crippen LogP contribution in [0.3, 0.4) is 0 Å². The third-order valence-electron chi connectivity index (χ3n) is 2.49. The summed E-state index contributed by atoms with van der Waals surface area (Å²) in [7, 11) is 0. The lowest BCUT2D eigenvalue weighted by molar-refractivity contribution is -0.150. The van der Waals surface area contributed by atoms with Gasteiger partial charge in [0.1, 0.15) is 12.2 Å². The van der Waals surface area contributed by atoms with E-state index in [0.29, 0.717) is 5.56 Å². The summed E-state index contributed by atoms with van der Waals surface area (Å²) < 4.78 is 4.85. The highest BCUT2D eigenvalue weighted by Crippen LogP contribution is 2.27. The molecule has 1 aromatic carbocycles. The van der Waals surface area contributed by atoms with Crippen LogP contribution in [0.2, 0.25) is 0 Å². The second kappa shape index (κ2) is 4.00. The molecule has 1 saturated heterocycles. The minimum Gasteiger partial charge on any atom is -0.457 e. The van der Waals surface area contributed by atoms with Crippen molar-refractivity contribution in [3.05, 3.63) is 35.9 Å². The molecule has 1 aliphatic rings. The van der Waals surface area contributed by atoms with E-state index in [1.165, 1.54) is 0 Å². The van der Waals surface area contributed by atoms with Gasteiger partial charge in [-0.05, 0) is 5.56 Å². The van der Waals surface area contributed by atoms with Gasteiger partial charge in [0.05, 0.1) is 0 Å². The van der Waals surface area contributed by atoms with Gasteiger partial charge in [-0.25, -0.2) is 4.79 Å². The van der Waals surface area contributed by atoms with E-state index in [0.717, 1.165) is 0 Å². The summed E-state index contributed by atoms with van der Waals surface area (Å²) in [6, 6.07) is 8.94. The Morgan fingerprint density at radius 3 is 2.53 bits per heavy atom. The quantitative estimate of drug-likeness (QED) is 0.690. The van der Waals surface area contributed by atoms with Gasteiger partial charge in [-0.15, -0.1) is 0 Å². The fourth-order valence-electron chi connectivity index (χ4n) is 1.65. The van der Waals surface area contributed by atoms with Crippen LogP contribution in [0.15, 0.2) is 30.3 Å². The average molecular weight is 208 g/mol. The first-order valence-electron chi connectivity index (χ1n) is 4.80. The van der Waals surface area contributed by atoms with Gasteiger partial charge in [0.25, 0.3) is 0 Å². The highest BCUT2D eigenvalue weighted by Gasteiger charge is 2.37. The van der Waals surface area contributed by atoms with Crippen molar-refractivity contribution >= 4 is 5.97 Å². The Morgan fingerprint density at radius 2 is 2.00 bits per heavy atom. The lowest BCUT2D eigenvalue weighted by Crippen LogP contribution is -2.17. The molecule has 0 radical (unpaired) electrons. The van der Waals surface area contributed by atoms with Gasteiger partial charge < -0.3 is 14.9 Å². The largest absolute Gasteiger partial charge is 0.457 e. The topological polar surface area (TPSA) is 66.8 Å². The molecule has 15 heavy (non-hydrogen) atoms. The van der Waals surface area contributed by atoms with E-state index in [-0.39, 0.29) is 6.42 Å².